The number of thioether (sulfide) groups is 1. The summed E-state index contributed by atoms with van der Waals surface area (Å²) < 4.78 is 5.46. The van der Waals surface area contributed by atoms with Gasteiger partial charge in [-0.25, -0.2) is 0 Å². The van der Waals surface area contributed by atoms with Gasteiger partial charge >= 0.3 is 0 Å². The van der Waals surface area contributed by atoms with Gasteiger partial charge in [-0.05, 0) is 36.7 Å². The highest BCUT2D eigenvalue weighted by atomic mass is 32.2. The molecular weight excluding hydrogens is 194 g/mol. The van der Waals surface area contributed by atoms with Gasteiger partial charge in [0.15, 0.2) is 0 Å². The summed E-state index contributed by atoms with van der Waals surface area (Å²) in [5, 5.41) is 3.81. The molecule has 2 aliphatic rings. The summed E-state index contributed by atoms with van der Waals surface area (Å²) >= 11 is 2.10. The highest BCUT2D eigenvalue weighted by Gasteiger charge is 2.24. The first kappa shape index (κ1) is 10.8. The maximum Gasteiger partial charge on any atom is 0.0506 e. The third-order valence-corrected chi connectivity index (χ3v) is 4.36. The fourth-order valence-corrected chi connectivity index (χ4v) is 3.40. The van der Waals surface area contributed by atoms with Gasteiger partial charge in [0, 0.05) is 18.7 Å². The molecule has 2 fully saturated rings. The van der Waals surface area contributed by atoms with Crippen LogP contribution in [0.5, 0.6) is 0 Å². The molecular formula is C11H21NOS. The van der Waals surface area contributed by atoms with E-state index in [0.717, 1.165) is 19.3 Å². The van der Waals surface area contributed by atoms with E-state index in [1.807, 2.05) is 0 Å². The molecule has 2 nitrogen and oxygen atoms in total. The van der Waals surface area contributed by atoms with Gasteiger partial charge in [-0.3, -0.25) is 0 Å². The zero-order valence-electron chi connectivity index (χ0n) is 9.00. The molecule has 14 heavy (non-hydrogen) atoms. The molecule has 2 heterocycles. The van der Waals surface area contributed by atoms with Crippen LogP contribution in [0.25, 0.3) is 0 Å². The fourth-order valence-electron chi connectivity index (χ4n) is 2.29. The third kappa shape index (κ3) is 2.88. The predicted octanol–water partition coefficient (Wildman–Crippen LogP) is 1.90. The van der Waals surface area contributed by atoms with Gasteiger partial charge in [0.25, 0.3) is 0 Å². The highest BCUT2D eigenvalue weighted by Crippen LogP contribution is 2.20. The summed E-state index contributed by atoms with van der Waals surface area (Å²) in [7, 11) is 0. The third-order valence-electron chi connectivity index (χ3n) is 3.31. The molecule has 82 valence electrons. The fraction of sp³-hybridized carbons (Fsp3) is 1.00. The molecule has 0 saturated carbocycles. The van der Waals surface area contributed by atoms with E-state index >= 15 is 0 Å². The number of rotatable bonds is 2. The van der Waals surface area contributed by atoms with E-state index in [2.05, 4.69) is 24.0 Å². The van der Waals surface area contributed by atoms with Crippen LogP contribution in [0.4, 0.5) is 0 Å². The van der Waals surface area contributed by atoms with E-state index in [1.165, 1.54) is 30.8 Å². The Morgan fingerprint density at radius 2 is 2.00 bits per heavy atom. The molecule has 2 aliphatic heterocycles. The molecule has 0 aromatic carbocycles. The molecule has 0 aromatic rings. The molecule has 2 rings (SSSR count). The van der Waals surface area contributed by atoms with Crippen LogP contribution in [-0.4, -0.2) is 36.8 Å². The number of hydrogen-bond acceptors (Lipinski definition) is 3. The maximum atomic E-state index is 5.46. The van der Waals surface area contributed by atoms with Gasteiger partial charge in [0.1, 0.15) is 0 Å². The summed E-state index contributed by atoms with van der Waals surface area (Å²) in [4.78, 5) is 0. The second kappa shape index (κ2) is 5.38. The highest BCUT2D eigenvalue weighted by molar-refractivity contribution is 7.99. The lowest BCUT2D eigenvalue weighted by molar-refractivity contribution is 0.0355. The Labute approximate surface area is 91.2 Å². The monoisotopic (exact) mass is 215 g/mol. The molecule has 0 amide bonds. The van der Waals surface area contributed by atoms with Crippen LogP contribution in [0.15, 0.2) is 0 Å². The Balaban J connectivity index is 1.76. The van der Waals surface area contributed by atoms with Crippen molar-refractivity contribution in [2.24, 2.45) is 5.92 Å². The maximum absolute atomic E-state index is 5.46. The van der Waals surface area contributed by atoms with E-state index < -0.39 is 0 Å². The lowest BCUT2D eigenvalue weighted by atomic mass is 9.96. The Morgan fingerprint density at radius 3 is 2.71 bits per heavy atom. The van der Waals surface area contributed by atoms with E-state index in [1.54, 1.807) is 0 Å². The van der Waals surface area contributed by atoms with E-state index in [0.29, 0.717) is 12.0 Å². The zero-order chi connectivity index (χ0) is 9.80. The van der Waals surface area contributed by atoms with Crippen molar-refractivity contribution in [3.63, 3.8) is 0 Å². The van der Waals surface area contributed by atoms with Crippen molar-refractivity contribution >= 4 is 11.8 Å². The summed E-state index contributed by atoms with van der Waals surface area (Å²) in [6, 6.07) is 1.48. The molecule has 3 heteroatoms. The van der Waals surface area contributed by atoms with Crippen molar-refractivity contribution in [1.29, 1.82) is 0 Å². The van der Waals surface area contributed by atoms with E-state index in [9.17, 15) is 0 Å². The summed E-state index contributed by atoms with van der Waals surface area (Å²) in [5.74, 6) is 3.38. The average Bonchev–Trinajstić information content (AvgIpc) is 2.23. The molecule has 0 aromatic heterocycles. The van der Waals surface area contributed by atoms with Crippen LogP contribution < -0.4 is 5.32 Å². The lowest BCUT2D eigenvalue weighted by Gasteiger charge is -2.34. The van der Waals surface area contributed by atoms with Crippen molar-refractivity contribution in [2.75, 3.05) is 24.7 Å². The lowest BCUT2D eigenvalue weighted by Crippen LogP contribution is -2.47. The van der Waals surface area contributed by atoms with Gasteiger partial charge in [-0.2, -0.15) is 11.8 Å². The first-order valence-corrected chi connectivity index (χ1v) is 6.93. The predicted molar refractivity (Wildman–Crippen MR) is 61.9 cm³/mol. The van der Waals surface area contributed by atoms with E-state index in [-0.39, 0.29) is 0 Å². The topological polar surface area (TPSA) is 21.3 Å². The Hall–Kier alpha value is 0.270. The standard InChI is InChI=1S/C11H21NOS/c1-9-8-13-5-2-11(9)12-10-3-6-14-7-4-10/h9-12H,2-8H2,1H3. The van der Waals surface area contributed by atoms with Crippen molar-refractivity contribution in [1.82, 2.24) is 5.32 Å². The van der Waals surface area contributed by atoms with Crippen molar-refractivity contribution in [3.05, 3.63) is 0 Å². The van der Waals surface area contributed by atoms with Crippen LogP contribution in [0.1, 0.15) is 26.2 Å². The second-order valence-corrected chi connectivity index (χ2v) is 5.73. The van der Waals surface area contributed by atoms with Crippen LogP contribution >= 0.6 is 11.8 Å². The average molecular weight is 215 g/mol. The SMILES string of the molecule is CC1COCCC1NC1CCSCC1. The molecule has 0 spiro atoms. The Bertz CT molecular complexity index is 171. The first-order chi connectivity index (χ1) is 6.86. The van der Waals surface area contributed by atoms with Crippen LogP contribution in [-0.2, 0) is 4.74 Å². The largest absolute Gasteiger partial charge is 0.381 e. The molecule has 0 bridgehead atoms. The molecule has 2 atom stereocenters. The summed E-state index contributed by atoms with van der Waals surface area (Å²) in [6.45, 7) is 4.19. The molecule has 0 radical (unpaired) electrons. The van der Waals surface area contributed by atoms with Crippen molar-refractivity contribution < 1.29 is 4.74 Å². The van der Waals surface area contributed by atoms with Gasteiger partial charge in [0.05, 0.1) is 6.61 Å². The van der Waals surface area contributed by atoms with Crippen LogP contribution in [0.2, 0.25) is 0 Å². The number of nitrogens with one attached hydrogen (secondary N) is 1. The van der Waals surface area contributed by atoms with Gasteiger partial charge in [0.2, 0.25) is 0 Å². The number of ether oxygens (including phenoxy) is 1. The van der Waals surface area contributed by atoms with Crippen LogP contribution in [0, 0.1) is 5.92 Å². The van der Waals surface area contributed by atoms with Crippen molar-refractivity contribution in [3.8, 4) is 0 Å². The molecule has 2 saturated heterocycles. The summed E-state index contributed by atoms with van der Waals surface area (Å²) in [6.07, 6.45) is 3.91. The molecule has 0 aliphatic carbocycles. The minimum Gasteiger partial charge on any atom is -0.381 e. The normalized spacial score (nSPS) is 35.8. The van der Waals surface area contributed by atoms with Gasteiger partial charge in [-0.15, -0.1) is 0 Å². The quantitative estimate of drug-likeness (QED) is 0.760. The molecule has 1 N–H and O–H groups in total. The first-order valence-electron chi connectivity index (χ1n) is 5.78. The van der Waals surface area contributed by atoms with Gasteiger partial charge in [-0.1, -0.05) is 6.92 Å². The minimum absolute atomic E-state index is 0.693. The van der Waals surface area contributed by atoms with E-state index in [4.69, 9.17) is 4.74 Å². The van der Waals surface area contributed by atoms with Gasteiger partial charge < -0.3 is 10.1 Å². The Kier molecular flexibility index (Phi) is 4.14. The summed E-state index contributed by atoms with van der Waals surface area (Å²) in [5.41, 5.74) is 0. The van der Waals surface area contributed by atoms with Crippen molar-refractivity contribution in [2.45, 2.75) is 38.3 Å². The molecule has 2 unspecified atom stereocenters. The Morgan fingerprint density at radius 1 is 1.21 bits per heavy atom. The van der Waals surface area contributed by atoms with Crippen LogP contribution in [0.3, 0.4) is 0 Å². The smallest absolute Gasteiger partial charge is 0.0506 e. The minimum atomic E-state index is 0.693. The zero-order valence-corrected chi connectivity index (χ0v) is 9.81. The second-order valence-electron chi connectivity index (χ2n) is 4.50. The number of hydrogen-bond donors (Lipinski definition) is 1.